The molecule has 4 heteroatoms. The van der Waals surface area contributed by atoms with Gasteiger partial charge in [-0.15, -0.1) is 0 Å². The Labute approximate surface area is 77.5 Å². The normalized spacial score (nSPS) is 36.9. The van der Waals surface area contributed by atoms with Crippen LogP contribution in [-0.4, -0.2) is 41.2 Å². The lowest BCUT2D eigenvalue weighted by Gasteiger charge is -2.40. The van der Waals surface area contributed by atoms with Crippen molar-refractivity contribution >= 4 is 0 Å². The van der Waals surface area contributed by atoms with Crippen molar-refractivity contribution in [2.75, 3.05) is 6.54 Å². The van der Waals surface area contributed by atoms with Crippen LogP contribution in [0.2, 0.25) is 0 Å². The molecule has 0 aromatic heterocycles. The smallest absolute Gasteiger partial charge is 0.251 e. The first-order valence-electron chi connectivity index (χ1n) is 4.72. The molecular weight excluding hydrogens is 176 g/mol. The molecule has 2 nitrogen and oxygen atoms in total. The van der Waals surface area contributed by atoms with Gasteiger partial charge in [0.05, 0.1) is 12.6 Å². The number of likely N-dealkylation sites (tertiary alicyclic amines) is 1. The molecule has 1 saturated heterocycles. The third-order valence-corrected chi connectivity index (χ3v) is 2.71. The van der Waals surface area contributed by atoms with E-state index in [1.165, 1.54) is 0 Å². The number of nitrogens with zero attached hydrogens (tertiary/aromatic N) is 1. The quantitative estimate of drug-likeness (QED) is 0.718. The number of aliphatic hydroxyl groups is 1. The molecule has 1 N–H and O–H groups in total. The van der Waals surface area contributed by atoms with Gasteiger partial charge < -0.3 is 5.11 Å². The Morgan fingerprint density at radius 1 is 1.31 bits per heavy atom. The van der Waals surface area contributed by atoms with E-state index >= 15 is 0 Å². The molecule has 0 spiro atoms. The number of rotatable bonds is 2. The van der Waals surface area contributed by atoms with Gasteiger partial charge in [0.1, 0.15) is 0 Å². The van der Waals surface area contributed by atoms with E-state index in [2.05, 4.69) is 0 Å². The summed E-state index contributed by atoms with van der Waals surface area (Å²) < 4.78 is 24.3. The number of hydrogen-bond acceptors (Lipinski definition) is 2. The van der Waals surface area contributed by atoms with Gasteiger partial charge in [-0.1, -0.05) is 0 Å². The van der Waals surface area contributed by atoms with E-state index in [-0.39, 0.29) is 24.7 Å². The Morgan fingerprint density at radius 2 is 1.77 bits per heavy atom. The summed E-state index contributed by atoms with van der Waals surface area (Å²) >= 11 is 0. The second-order valence-corrected chi connectivity index (χ2v) is 3.91. The van der Waals surface area contributed by atoms with Crippen LogP contribution in [0.3, 0.4) is 0 Å². The fraction of sp³-hybridized carbons (Fsp3) is 1.00. The Balaban J connectivity index is 2.51. The van der Waals surface area contributed by atoms with Crippen molar-refractivity contribution in [1.82, 2.24) is 4.90 Å². The largest absolute Gasteiger partial charge is 0.393 e. The first-order chi connectivity index (χ1) is 6.00. The molecule has 1 aliphatic rings. The molecule has 0 saturated carbocycles. The molecule has 0 amide bonds. The highest BCUT2D eigenvalue weighted by Crippen LogP contribution is 2.23. The van der Waals surface area contributed by atoms with Crippen LogP contribution < -0.4 is 0 Å². The molecule has 2 unspecified atom stereocenters. The van der Waals surface area contributed by atoms with Gasteiger partial charge in [0.15, 0.2) is 0 Å². The summed E-state index contributed by atoms with van der Waals surface area (Å²) in [6.45, 7) is 3.61. The van der Waals surface area contributed by atoms with Gasteiger partial charge in [0.2, 0.25) is 0 Å². The van der Waals surface area contributed by atoms with E-state index in [1.54, 1.807) is 4.90 Å². The average Bonchev–Trinajstić information content (AvgIpc) is 1.96. The van der Waals surface area contributed by atoms with Crippen LogP contribution in [0.25, 0.3) is 0 Å². The number of aliphatic hydroxyl groups excluding tert-OH is 1. The third kappa shape index (κ3) is 2.88. The van der Waals surface area contributed by atoms with Crippen molar-refractivity contribution in [3.05, 3.63) is 0 Å². The van der Waals surface area contributed by atoms with Crippen LogP contribution >= 0.6 is 0 Å². The zero-order valence-electron chi connectivity index (χ0n) is 8.08. The summed E-state index contributed by atoms with van der Waals surface area (Å²) in [6, 6.07) is 0.125. The maximum Gasteiger partial charge on any atom is 0.251 e. The lowest BCUT2D eigenvalue weighted by Crippen LogP contribution is -2.49. The van der Waals surface area contributed by atoms with Crippen molar-refractivity contribution in [2.24, 2.45) is 0 Å². The summed E-state index contributed by atoms with van der Waals surface area (Å²) in [5.74, 6) is 0. The van der Waals surface area contributed by atoms with Crippen LogP contribution in [0, 0.1) is 0 Å². The predicted molar refractivity (Wildman–Crippen MR) is 46.9 cm³/mol. The van der Waals surface area contributed by atoms with Gasteiger partial charge in [0, 0.05) is 12.1 Å². The Morgan fingerprint density at radius 3 is 2.15 bits per heavy atom. The number of piperidine rings is 1. The molecule has 1 heterocycles. The van der Waals surface area contributed by atoms with E-state index < -0.39 is 6.43 Å². The van der Waals surface area contributed by atoms with Gasteiger partial charge in [-0.05, 0) is 26.7 Å². The minimum atomic E-state index is -2.28. The van der Waals surface area contributed by atoms with Crippen molar-refractivity contribution in [1.29, 1.82) is 0 Å². The topological polar surface area (TPSA) is 23.5 Å². The van der Waals surface area contributed by atoms with E-state index in [0.29, 0.717) is 12.8 Å². The summed E-state index contributed by atoms with van der Waals surface area (Å²) in [7, 11) is 0. The lowest BCUT2D eigenvalue weighted by atomic mass is 9.95. The zero-order valence-corrected chi connectivity index (χ0v) is 8.08. The summed E-state index contributed by atoms with van der Waals surface area (Å²) in [5, 5.41) is 9.39. The molecule has 0 aromatic carbocycles. The van der Waals surface area contributed by atoms with E-state index in [1.807, 2.05) is 13.8 Å². The molecule has 1 rings (SSSR count). The number of halogens is 2. The zero-order chi connectivity index (χ0) is 10.0. The molecule has 13 heavy (non-hydrogen) atoms. The van der Waals surface area contributed by atoms with Gasteiger partial charge in [-0.3, -0.25) is 4.90 Å². The number of hydrogen-bond donors (Lipinski definition) is 1. The Kier molecular flexibility index (Phi) is 3.62. The SMILES string of the molecule is CC1CC(O)CC(C)N1CC(F)F. The average molecular weight is 193 g/mol. The van der Waals surface area contributed by atoms with Crippen molar-refractivity contribution < 1.29 is 13.9 Å². The summed E-state index contributed by atoms with van der Waals surface area (Å²) in [5.41, 5.74) is 0. The molecule has 2 atom stereocenters. The Bertz CT molecular complexity index is 154. The van der Waals surface area contributed by atoms with Crippen molar-refractivity contribution in [3.63, 3.8) is 0 Å². The van der Waals surface area contributed by atoms with Crippen LogP contribution in [0.15, 0.2) is 0 Å². The van der Waals surface area contributed by atoms with Crippen molar-refractivity contribution in [2.45, 2.75) is 51.3 Å². The fourth-order valence-corrected chi connectivity index (χ4v) is 2.11. The fourth-order valence-electron chi connectivity index (χ4n) is 2.11. The molecule has 0 aromatic rings. The number of alkyl halides is 2. The molecule has 0 bridgehead atoms. The van der Waals surface area contributed by atoms with Crippen LogP contribution in [-0.2, 0) is 0 Å². The minimum Gasteiger partial charge on any atom is -0.393 e. The molecule has 1 aliphatic heterocycles. The highest BCUT2D eigenvalue weighted by atomic mass is 19.3. The van der Waals surface area contributed by atoms with Gasteiger partial charge in [-0.25, -0.2) is 8.78 Å². The van der Waals surface area contributed by atoms with Gasteiger partial charge >= 0.3 is 0 Å². The van der Waals surface area contributed by atoms with Gasteiger partial charge in [-0.2, -0.15) is 0 Å². The second kappa shape index (κ2) is 4.33. The predicted octanol–water partition coefficient (Wildman–Crippen LogP) is 1.49. The minimum absolute atomic E-state index is 0.0627. The van der Waals surface area contributed by atoms with E-state index in [4.69, 9.17) is 0 Å². The molecule has 0 radical (unpaired) electrons. The maximum absolute atomic E-state index is 12.2. The molecular formula is C9H17F2NO. The summed E-state index contributed by atoms with van der Waals surface area (Å²) in [4.78, 5) is 1.78. The van der Waals surface area contributed by atoms with E-state index in [0.717, 1.165) is 0 Å². The van der Waals surface area contributed by atoms with Gasteiger partial charge in [0.25, 0.3) is 6.43 Å². The third-order valence-electron chi connectivity index (χ3n) is 2.71. The summed E-state index contributed by atoms with van der Waals surface area (Å²) in [6.07, 6.45) is -1.38. The monoisotopic (exact) mass is 193 g/mol. The molecule has 0 aliphatic carbocycles. The second-order valence-electron chi connectivity index (χ2n) is 3.91. The van der Waals surface area contributed by atoms with Crippen LogP contribution in [0.1, 0.15) is 26.7 Å². The first-order valence-corrected chi connectivity index (χ1v) is 4.72. The van der Waals surface area contributed by atoms with Crippen LogP contribution in [0.5, 0.6) is 0 Å². The first kappa shape index (κ1) is 10.9. The lowest BCUT2D eigenvalue weighted by molar-refractivity contribution is -0.0191. The van der Waals surface area contributed by atoms with Crippen LogP contribution in [0.4, 0.5) is 8.78 Å². The standard InChI is InChI=1S/C9H17F2NO/c1-6-3-8(13)4-7(2)12(6)5-9(10)11/h6-9,13H,3-5H2,1-2H3. The van der Waals surface area contributed by atoms with Crippen molar-refractivity contribution in [3.8, 4) is 0 Å². The maximum atomic E-state index is 12.2. The highest BCUT2D eigenvalue weighted by molar-refractivity contribution is 4.84. The van der Waals surface area contributed by atoms with E-state index in [9.17, 15) is 13.9 Å². The highest BCUT2D eigenvalue weighted by Gasteiger charge is 2.31. The Hall–Kier alpha value is -0.220. The molecule has 78 valence electrons. The molecule has 1 fully saturated rings.